The molecule has 2 rings (SSSR count). The van der Waals surface area contributed by atoms with Gasteiger partial charge >= 0.3 is 12.1 Å². The van der Waals surface area contributed by atoms with Crippen LogP contribution in [0.15, 0.2) is 48.5 Å². The predicted molar refractivity (Wildman–Crippen MR) is 96.9 cm³/mol. The Balaban J connectivity index is 1.77. The van der Waals surface area contributed by atoms with Crippen molar-refractivity contribution in [2.75, 3.05) is 11.9 Å². The van der Waals surface area contributed by atoms with E-state index < -0.39 is 29.7 Å². The lowest BCUT2D eigenvalue weighted by molar-refractivity contribution is -0.153. The maximum absolute atomic E-state index is 12.5. The number of rotatable bonds is 7. The summed E-state index contributed by atoms with van der Waals surface area (Å²) < 4.78 is 48.0. The van der Waals surface area contributed by atoms with E-state index in [0.717, 1.165) is 29.8 Å². The first-order valence-corrected chi connectivity index (χ1v) is 8.52. The summed E-state index contributed by atoms with van der Waals surface area (Å²) in [6, 6.07) is 11.3. The van der Waals surface area contributed by atoms with Gasteiger partial charge in [-0.1, -0.05) is 12.1 Å². The van der Waals surface area contributed by atoms with E-state index in [1.54, 1.807) is 6.07 Å². The van der Waals surface area contributed by atoms with Crippen LogP contribution in [-0.4, -0.2) is 24.6 Å². The molecule has 2 aromatic rings. The maximum Gasteiger partial charge on any atom is 0.416 e. The van der Waals surface area contributed by atoms with Crippen molar-refractivity contribution in [3.63, 3.8) is 0 Å². The minimum Gasteiger partial charge on any atom is -0.493 e. The fourth-order valence-corrected chi connectivity index (χ4v) is 2.25. The molecule has 8 heteroatoms. The minimum absolute atomic E-state index is 0.0498. The number of hydrogen-bond acceptors (Lipinski definition) is 4. The molecule has 0 fully saturated rings. The van der Waals surface area contributed by atoms with E-state index in [1.807, 2.05) is 25.1 Å². The molecule has 0 unspecified atom stereocenters. The number of hydrogen-bond donors (Lipinski definition) is 1. The van der Waals surface area contributed by atoms with Gasteiger partial charge in [-0.05, 0) is 55.8 Å². The Hall–Kier alpha value is -3.03. The number of halogens is 3. The molecule has 0 saturated carbocycles. The third-order valence-corrected chi connectivity index (χ3v) is 3.72. The van der Waals surface area contributed by atoms with Gasteiger partial charge in [0.2, 0.25) is 0 Å². The molecule has 150 valence electrons. The van der Waals surface area contributed by atoms with Crippen LogP contribution >= 0.6 is 0 Å². The van der Waals surface area contributed by atoms with Crippen LogP contribution in [0.3, 0.4) is 0 Å². The highest BCUT2D eigenvalue weighted by atomic mass is 19.4. The summed E-state index contributed by atoms with van der Waals surface area (Å²) in [7, 11) is 0. The molecule has 0 aliphatic heterocycles. The summed E-state index contributed by atoms with van der Waals surface area (Å²) in [5.74, 6) is -0.642. The van der Waals surface area contributed by atoms with Gasteiger partial charge in [0, 0.05) is 5.69 Å². The zero-order chi connectivity index (χ0) is 20.7. The van der Waals surface area contributed by atoms with Gasteiger partial charge in [-0.2, -0.15) is 13.2 Å². The van der Waals surface area contributed by atoms with E-state index in [-0.39, 0.29) is 18.7 Å². The van der Waals surface area contributed by atoms with Gasteiger partial charge in [-0.3, -0.25) is 9.59 Å². The molecule has 28 heavy (non-hydrogen) atoms. The molecule has 0 radical (unpaired) electrons. The molecule has 1 amide bonds. The van der Waals surface area contributed by atoms with Gasteiger partial charge in [0.1, 0.15) is 5.75 Å². The van der Waals surface area contributed by atoms with Crippen molar-refractivity contribution in [2.24, 2.45) is 0 Å². The van der Waals surface area contributed by atoms with E-state index in [9.17, 15) is 22.8 Å². The van der Waals surface area contributed by atoms with Crippen LogP contribution in [0.4, 0.5) is 18.9 Å². The molecule has 5 nitrogen and oxygen atoms in total. The number of nitrogens with one attached hydrogen (secondary N) is 1. The zero-order valence-electron chi connectivity index (χ0n) is 15.4. The molecule has 1 N–H and O–H groups in total. The van der Waals surface area contributed by atoms with Crippen LogP contribution in [0.5, 0.6) is 5.75 Å². The number of esters is 1. The summed E-state index contributed by atoms with van der Waals surface area (Å²) >= 11 is 0. The molecule has 0 heterocycles. The standard InChI is InChI=1S/C20H20F3NO4/c1-13-4-3-5-17(12-13)27-11-10-18(25)28-14(2)19(26)24-16-8-6-15(7-9-16)20(21,22)23/h3-9,12,14H,10-11H2,1-2H3,(H,24,26)/t14-/m0/s1. The van der Waals surface area contributed by atoms with Crippen molar-refractivity contribution in [2.45, 2.75) is 32.5 Å². The van der Waals surface area contributed by atoms with Gasteiger partial charge in [0.25, 0.3) is 5.91 Å². The smallest absolute Gasteiger partial charge is 0.416 e. The summed E-state index contributed by atoms with van der Waals surface area (Å²) in [4.78, 5) is 23.8. The molecule has 0 saturated heterocycles. The number of benzene rings is 2. The molecule has 2 aromatic carbocycles. The van der Waals surface area contributed by atoms with Crippen LogP contribution < -0.4 is 10.1 Å². The van der Waals surface area contributed by atoms with Crippen LogP contribution in [0.25, 0.3) is 0 Å². The highest BCUT2D eigenvalue weighted by Gasteiger charge is 2.30. The predicted octanol–water partition coefficient (Wildman–Crippen LogP) is 4.35. The van der Waals surface area contributed by atoms with Gasteiger partial charge in [-0.25, -0.2) is 0 Å². The lowest BCUT2D eigenvalue weighted by Gasteiger charge is -2.14. The summed E-state index contributed by atoms with van der Waals surface area (Å²) in [5.41, 5.74) is 0.371. The first-order chi connectivity index (χ1) is 13.1. The van der Waals surface area contributed by atoms with Crippen molar-refractivity contribution < 1.29 is 32.2 Å². The largest absolute Gasteiger partial charge is 0.493 e. The monoisotopic (exact) mass is 395 g/mol. The quantitative estimate of drug-likeness (QED) is 0.708. The summed E-state index contributed by atoms with van der Waals surface area (Å²) in [5, 5.41) is 2.40. The van der Waals surface area contributed by atoms with Crippen molar-refractivity contribution >= 4 is 17.6 Å². The number of alkyl halides is 3. The van der Waals surface area contributed by atoms with Crippen molar-refractivity contribution in [3.8, 4) is 5.75 Å². The van der Waals surface area contributed by atoms with Crippen molar-refractivity contribution in [3.05, 3.63) is 59.7 Å². The second-order valence-corrected chi connectivity index (χ2v) is 6.11. The van der Waals surface area contributed by atoms with Crippen LogP contribution in [0, 0.1) is 6.92 Å². The number of carbonyl (C=O) groups excluding carboxylic acids is 2. The fraction of sp³-hybridized carbons (Fsp3) is 0.300. The Labute approximate surface area is 160 Å². The Morgan fingerprint density at radius 2 is 1.79 bits per heavy atom. The Morgan fingerprint density at radius 1 is 1.11 bits per heavy atom. The lowest BCUT2D eigenvalue weighted by atomic mass is 10.2. The number of carbonyl (C=O) groups is 2. The Kier molecular flexibility index (Phi) is 7.03. The number of anilines is 1. The van der Waals surface area contributed by atoms with Crippen molar-refractivity contribution in [1.82, 2.24) is 0 Å². The van der Waals surface area contributed by atoms with Crippen LogP contribution in [0.1, 0.15) is 24.5 Å². The third-order valence-electron chi connectivity index (χ3n) is 3.72. The molecule has 0 aromatic heterocycles. The molecule has 0 spiro atoms. The molecule has 0 bridgehead atoms. The average Bonchev–Trinajstić information content (AvgIpc) is 2.61. The topological polar surface area (TPSA) is 64.6 Å². The third kappa shape index (κ3) is 6.61. The second-order valence-electron chi connectivity index (χ2n) is 6.11. The first kappa shape index (κ1) is 21.3. The number of amides is 1. The summed E-state index contributed by atoms with van der Waals surface area (Å²) in [6.45, 7) is 3.38. The highest BCUT2D eigenvalue weighted by molar-refractivity contribution is 5.95. The lowest BCUT2D eigenvalue weighted by Crippen LogP contribution is -2.30. The Morgan fingerprint density at radius 3 is 2.39 bits per heavy atom. The first-order valence-electron chi connectivity index (χ1n) is 8.52. The van der Waals surface area contributed by atoms with Crippen LogP contribution in [0.2, 0.25) is 0 Å². The van der Waals surface area contributed by atoms with E-state index in [4.69, 9.17) is 9.47 Å². The number of ether oxygens (including phenoxy) is 2. The highest BCUT2D eigenvalue weighted by Crippen LogP contribution is 2.29. The summed E-state index contributed by atoms with van der Waals surface area (Å²) in [6.07, 6.45) is -5.61. The minimum atomic E-state index is -4.45. The molecular formula is C20H20F3NO4. The van der Waals surface area contributed by atoms with E-state index >= 15 is 0 Å². The maximum atomic E-state index is 12.5. The van der Waals surface area contributed by atoms with Gasteiger partial charge in [0.15, 0.2) is 6.10 Å². The van der Waals surface area contributed by atoms with E-state index in [2.05, 4.69) is 5.32 Å². The zero-order valence-corrected chi connectivity index (χ0v) is 15.4. The second kappa shape index (κ2) is 9.25. The average molecular weight is 395 g/mol. The fourth-order valence-electron chi connectivity index (χ4n) is 2.25. The van der Waals surface area contributed by atoms with Gasteiger partial charge in [0.05, 0.1) is 18.6 Å². The molecule has 0 aliphatic carbocycles. The van der Waals surface area contributed by atoms with Gasteiger partial charge < -0.3 is 14.8 Å². The molecular weight excluding hydrogens is 375 g/mol. The van der Waals surface area contributed by atoms with Crippen LogP contribution in [-0.2, 0) is 20.5 Å². The SMILES string of the molecule is Cc1cccc(OCCC(=O)O[C@@H](C)C(=O)Nc2ccc(C(F)(F)F)cc2)c1. The molecule has 0 aliphatic rings. The number of aryl methyl sites for hydroxylation is 1. The van der Waals surface area contributed by atoms with Crippen molar-refractivity contribution in [1.29, 1.82) is 0 Å². The van der Waals surface area contributed by atoms with Gasteiger partial charge in [-0.15, -0.1) is 0 Å². The molecule has 1 atom stereocenters. The normalized spacial score (nSPS) is 12.2. The van der Waals surface area contributed by atoms with E-state index in [1.165, 1.54) is 6.92 Å². The van der Waals surface area contributed by atoms with E-state index in [0.29, 0.717) is 5.75 Å². The Bertz CT molecular complexity index is 819.